The van der Waals surface area contributed by atoms with Crippen LogP contribution in [0.15, 0.2) is 36.5 Å². The number of aromatic nitrogens is 3. The third kappa shape index (κ3) is 2.19. The zero-order valence-electron chi connectivity index (χ0n) is 13.5. The lowest BCUT2D eigenvalue weighted by molar-refractivity contribution is 0.0498. The Morgan fingerprint density at radius 2 is 2.12 bits per heavy atom. The maximum absolute atomic E-state index is 13.1. The van der Waals surface area contributed by atoms with Crippen molar-refractivity contribution in [2.45, 2.75) is 25.8 Å². The van der Waals surface area contributed by atoms with Gasteiger partial charge in [0.15, 0.2) is 5.82 Å². The highest BCUT2D eigenvalue weighted by Crippen LogP contribution is 2.35. The maximum atomic E-state index is 13.1. The van der Waals surface area contributed by atoms with Crippen molar-refractivity contribution < 1.29 is 4.79 Å². The number of H-pyrrole nitrogens is 1. The highest BCUT2D eigenvalue weighted by Gasteiger charge is 2.39. The first-order valence-corrected chi connectivity index (χ1v) is 8.27. The van der Waals surface area contributed by atoms with Crippen LogP contribution in [0.25, 0.3) is 11.0 Å². The van der Waals surface area contributed by atoms with Gasteiger partial charge in [-0.2, -0.15) is 0 Å². The molecule has 3 heterocycles. The van der Waals surface area contributed by atoms with Gasteiger partial charge >= 0.3 is 0 Å². The smallest absolute Gasteiger partial charge is 0.290 e. The van der Waals surface area contributed by atoms with Crippen molar-refractivity contribution in [3.63, 3.8) is 0 Å². The van der Waals surface area contributed by atoms with E-state index in [-0.39, 0.29) is 5.91 Å². The highest BCUT2D eigenvalue weighted by molar-refractivity contribution is 6.35. The molecule has 1 N–H and O–H groups in total. The number of benzene rings is 1. The van der Waals surface area contributed by atoms with Crippen LogP contribution in [0.2, 0.25) is 5.02 Å². The summed E-state index contributed by atoms with van der Waals surface area (Å²) in [5.74, 6) is 0.195. The van der Waals surface area contributed by atoms with Gasteiger partial charge in [-0.3, -0.25) is 9.78 Å². The van der Waals surface area contributed by atoms with Gasteiger partial charge in [-0.15, -0.1) is 0 Å². The van der Waals surface area contributed by atoms with Crippen LogP contribution >= 0.6 is 11.6 Å². The molecule has 24 heavy (non-hydrogen) atoms. The number of hydrogen-bond acceptors (Lipinski definition) is 3. The normalized spacial score (nSPS) is 16.2. The fourth-order valence-corrected chi connectivity index (χ4v) is 3.63. The van der Waals surface area contributed by atoms with Crippen LogP contribution in [0.4, 0.5) is 0 Å². The van der Waals surface area contributed by atoms with E-state index in [1.165, 1.54) is 0 Å². The number of rotatable bonds is 1. The van der Waals surface area contributed by atoms with Gasteiger partial charge in [0.25, 0.3) is 5.91 Å². The molecular formula is C18H17ClN4O. The molecule has 0 bridgehead atoms. The summed E-state index contributed by atoms with van der Waals surface area (Å²) < 4.78 is 0. The van der Waals surface area contributed by atoms with E-state index in [0.29, 0.717) is 28.4 Å². The summed E-state index contributed by atoms with van der Waals surface area (Å²) in [6.07, 6.45) is 2.54. The number of halogens is 1. The molecular weight excluding hydrogens is 324 g/mol. The predicted molar refractivity (Wildman–Crippen MR) is 93.1 cm³/mol. The van der Waals surface area contributed by atoms with Crippen molar-refractivity contribution in [3.05, 3.63) is 58.6 Å². The molecule has 0 saturated carbocycles. The highest BCUT2D eigenvalue weighted by atomic mass is 35.5. The molecule has 1 amide bonds. The van der Waals surface area contributed by atoms with Gasteiger partial charge in [-0.25, -0.2) is 4.98 Å². The third-order valence-corrected chi connectivity index (χ3v) is 5.03. The monoisotopic (exact) mass is 340 g/mol. The van der Waals surface area contributed by atoms with Crippen molar-refractivity contribution in [2.24, 2.45) is 0 Å². The second kappa shape index (κ2) is 5.31. The number of nitrogens with zero attached hydrogens (tertiary/aromatic N) is 3. The predicted octanol–water partition coefficient (Wildman–Crippen LogP) is 3.54. The number of carbonyl (C=O) groups excluding carboxylic acids is 1. The van der Waals surface area contributed by atoms with E-state index in [1.807, 2.05) is 43.0 Å². The van der Waals surface area contributed by atoms with Gasteiger partial charge in [0, 0.05) is 24.9 Å². The Morgan fingerprint density at radius 3 is 2.92 bits per heavy atom. The average Bonchev–Trinajstić information content (AvgIpc) is 3.00. The molecule has 4 rings (SSSR count). The van der Waals surface area contributed by atoms with Crippen molar-refractivity contribution in [2.75, 3.05) is 6.54 Å². The van der Waals surface area contributed by atoms with Crippen LogP contribution in [0.3, 0.4) is 0 Å². The molecule has 0 radical (unpaired) electrons. The van der Waals surface area contributed by atoms with Gasteiger partial charge in [0.05, 0.1) is 21.6 Å². The fourth-order valence-electron chi connectivity index (χ4n) is 3.42. The first-order valence-electron chi connectivity index (χ1n) is 7.89. The molecule has 1 aromatic carbocycles. The quantitative estimate of drug-likeness (QED) is 0.737. The molecule has 6 heteroatoms. The van der Waals surface area contributed by atoms with Gasteiger partial charge in [0.1, 0.15) is 0 Å². The van der Waals surface area contributed by atoms with Crippen molar-refractivity contribution in [1.82, 2.24) is 19.9 Å². The molecule has 0 fully saturated rings. The van der Waals surface area contributed by atoms with Gasteiger partial charge in [0.2, 0.25) is 0 Å². The summed E-state index contributed by atoms with van der Waals surface area (Å²) in [6.45, 7) is 4.70. The van der Waals surface area contributed by atoms with E-state index in [2.05, 4.69) is 15.0 Å². The Bertz CT molecular complexity index is 947. The lowest BCUT2D eigenvalue weighted by atomic mass is 9.86. The number of aromatic amines is 1. The summed E-state index contributed by atoms with van der Waals surface area (Å²) in [5, 5.41) is 0.562. The first-order chi connectivity index (χ1) is 11.5. The number of pyridine rings is 1. The Morgan fingerprint density at radius 1 is 1.29 bits per heavy atom. The molecule has 1 aliphatic rings. The third-order valence-electron chi connectivity index (χ3n) is 4.71. The SMILES string of the molecule is CC1(C)c2cccnc2CCN1C(=O)c1nc2cccc(Cl)c2[nH]1. The number of para-hydroxylation sites is 1. The standard InChI is InChI=1S/C18H17ClN4O/c1-18(2)11-5-4-9-20-13(11)8-10-23(18)17(24)16-21-14-7-3-6-12(19)15(14)22-16/h3-7,9H,8,10H2,1-2H3,(H,21,22). The number of imidazole rings is 1. The second-order valence-electron chi connectivity index (χ2n) is 6.48. The summed E-state index contributed by atoms with van der Waals surface area (Å²) in [6, 6.07) is 9.40. The Balaban J connectivity index is 1.75. The van der Waals surface area contributed by atoms with Crippen LogP contribution in [0.5, 0.6) is 0 Å². The van der Waals surface area contributed by atoms with Crippen LogP contribution in [0.1, 0.15) is 35.7 Å². The lowest BCUT2D eigenvalue weighted by Crippen LogP contribution is -2.50. The number of nitrogens with one attached hydrogen (secondary N) is 1. The minimum atomic E-state index is -0.443. The van der Waals surface area contributed by atoms with Crippen LogP contribution in [-0.4, -0.2) is 32.3 Å². The van der Waals surface area contributed by atoms with Gasteiger partial charge in [-0.05, 0) is 37.6 Å². The van der Waals surface area contributed by atoms with E-state index in [4.69, 9.17) is 11.6 Å². The molecule has 3 aromatic rings. The zero-order chi connectivity index (χ0) is 16.9. The Hall–Kier alpha value is -2.40. The van der Waals surface area contributed by atoms with Crippen molar-refractivity contribution in [1.29, 1.82) is 0 Å². The van der Waals surface area contributed by atoms with Crippen LogP contribution < -0.4 is 0 Å². The molecule has 0 atom stereocenters. The zero-order valence-corrected chi connectivity index (χ0v) is 14.3. The first kappa shape index (κ1) is 15.1. The van der Waals surface area contributed by atoms with Crippen LogP contribution in [-0.2, 0) is 12.0 Å². The second-order valence-corrected chi connectivity index (χ2v) is 6.89. The molecule has 2 aromatic heterocycles. The minimum absolute atomic E-state index is 0.123. The Labute approximate surface area is 144 Å². The summed E-state index contributed by atoms with van der Waals surface area (Å²) >= 11 is 6.18. The summed E-state index contributed by atoms with van der Waals surface area (Å²) in [5.41, 5.74) is 3.09. The van der Waals surface area contributed by atoms with Crippen molar-refractivity contribution >= 4 is 28.5 Å². The maximum Gasteiger partial charge on any atom is 0.290 e. The topological polar surface area (TPSA) is 61.9 Å². The summed E-state index contributed by atoms with van der Waals surface area (Å²) in [4.78, 5) is 26.9. The van der Waals surface area contributed by atoms with E-state index in [0.717, 1.165) is 17.7 Å². The molecule has 0 unspecified atom stereocenters. The molecule has 1 aliphatic heterocycles. The molecule has 122 valence electrons. The molecule has 5 nitrogen and oxygen atoms in total. The van der Waals surface area contributed by atoms with E-state index < -0.39 is 5.54 Å². The fraction of sp³-hybridized carbons (Fsp3) is 0.278. The van der Waals surface area contributed by atoms with Gasteiger partial charge < -0.3 is 9.88 Å². The van der Waals surface area contributed by atoms with Gasteiger partial charge in [-0.1, -0.05) is 23.7 Å². The van der Waals surface area contributed by atoms with E-state index in [1.54, 1.807) is 12.3 Å². The number of amides is 1. The summed E-state index contributed by atoms with van der Waals surface area (Å²) in [7, 11) is 0. The average molecular weight is 341 g/mol. The van der Waals surface area contributed by atoms with Crippen LogP contribution in [0, 0.1) is 0 Å². The Kier molecular flexibility index (Phi) is 3.35. The molecule has 0 spiro atoms. The molecule has 0 aliphatic carbocycles. The van der Waals surface area contributed by atoms with E-state index >= 15 is 0 Å². The largest absolute Gasteiger partial charge is 0.333 e. The van der Waals surface area contributed by atoms with Crippen molar-refractivity contribution in [3.8, 4) is 0 Å². The number of hydrogen-bond donors (Lipinski definition) is 1. The lowest BCUT2D eigenvalue weighted by Gasteiger charge is -2.42. The van der Waals surface area contributed by atoms with E-state index in [9.17, 15) is 4.79 Å². The minimum Gasteiger partial charge on any atom is -0.333 e. The number of carbonyl (C=O) groups is 1. The number of fused-ring (bicyclic) bond motifs is 2. The molecule has 0 saturated heterocycles.